The summed E-state index contributed by atoms with van der Waals surface area (Å²) in [5.74, 6) is 7.64. The van der Waals surface area contributed by atoms with E-state index >= 15 is 0 Å². The highest BCUT2D eigenvalue weighted by Crippen LogP contribution is 2.45. The molecule has 458 valence electrons. The SMILES string of the molecule is C(#CC1=Nc2cc1c(-c1ccccc1)c1ccc([nH]1)c(-c1ccccc1)c1nc(c(-c3ccccc3)c3ccc([nH]3)c2-c2ccccc2)C=C1)C1=Nc2cc1c(-c1ccccc1)c1ccc([nH]1)c(-c1ccccc1)c1nc(c(-c3ccccc3)c3ccc([nH]3)c2-c2ccccc2)C=C1. The number of hydrogen-bond donors (Lipinski definition) is 4. The molecule has 0 amide bonds. The summed E-state index contributed by atoms with van der Waals surface area (Å²) < 4.78 is 0. The van der Waals surface area contributed by atoms with Crippen LogP contribution in [0.2, 0.25) is 0 Å². The average Bonchev–Trinajstić information content (AvgIpc) is 1.61. The summed E-state index contributed by atoms with van der Waals surface area (Å²) in [5.41, 5.74) is 30.7. The molecule has 4 aliphatic rings. The van der Waals surface area contributed by atoms with Gasteiger partial charge in [-0.05, 0) is 141 Å². The van der Waals surface area contributed by atoms with Crippen LogP contribution in [0.5, 0.6) is 0 Å². The lowest BCUT2D eigenvalue weighted by Gasteiger charge is -2.07. The van der Waals surface area contributed by atoms with Crippen molar-refractivity contribution in [2.75, 3.05) is 0 Å². The molecule has 0 atom stereocenters. The van der Waals surface area contributed by atoms with E-state index in [9.17, 15) is 0 Å². The van der Waals surface area contributed by atoms with Crippen molar-refractivity contribution in [3.05, 3.63) is 337 Å². The summed E-state index contributed by atoms with van der Waals surface area (Å²) in [6.45, 7) is 0. The highest BCUT2D eigenvalue weighted by atomic mass is 14.8. The molecule has 0 fully saturated rings. The van der Waals surface area contributed by atoms with Gasteiger partial charge < -0.3 is 19.9 Å². The Morgan fingerprint density at radius 2 is 0.398 bits per heavy atom. The molecule has 18 rings (SSSR count). The second-order valence-corrected chi connectivity index (χ2v) is 24.6. The molecule has 16 bridgehead atoms. The molecule has 0 saturated carbocycles. The molecule has 0 spiro atoms. The molecule has 8 heteroatoms. The number of H-pyrrole nitrogens is 4. The Labute approximate surface area is 565 Å². The molecule has 98 heavy (non-hydrogen) atoms. The van der Waals surface area contributed by atoms with E-state index in [4.69, 9.17) is 20.0 Å². The third-order valence-corrected chi connectivity index (χ3v) is 18.6. The van der Waals surface area contributed by atoms with Crippen LogP contribution in [0.3, 0.4) is 0 Å². The molecule has 4 aliphatic heterocycles. The van der Waals surface area contributed by atoms with Gasteiger partial charge in [-0.3, -0.25) is 0 Å². The average molecular weight is 1250 g/mol. The highest BCUT2D eigenvalue weighted by Gasteiger charge is 2.26. The van der Waals surface area contributed by atoms with Gasteiger partial charge in [0.05, 0.1) is 34.2 Å². The van der Waals surface area contributed by atoms with Crippen LogP contribution in [0.1, 0.15) is 33.9 Å². The van der Waals surface area contributed by atoms with E-state index in [-0.39, 0.29) is 0 Å². The molecule has 8 aromatic carbocycles. The summed E-state index contributed by atoms with van der Waals surface area (Å²) in [4.78, 5) is 38.5. The van der Waals surface area contributed by atoms with Crippen molar-refractivity contribution in [3.63, 3.8) is 0 Å². The van der Waals surface area contributed by atoms with E-state index in [0.717, 1.165) is 178 Å². The van der Waals surface area contributed by atoms with Crippen molar-refractivity contribution in [1.82, 2.24) is 29.9 Å². The lowest BCUT2D eigenvalue weighted by atomic mass is 9.96. The van der Waals surface area contributed by atoms with Gasteiger partial charge in [0.25, 0.3) is 0 Å². The zero-order chi connectivity index (χ0) is 64.9. The Bertz CT molecular complexity index is 5680. The fraction of sp³-hybridized carbons (Fsp3) is 0. The third-order valence-electron chi connectivity index (χ3n) is 18.6. The van der Waals surface area contributed by atoms with Crippen molar-refractivity contribution in [1.29, 1.82) is 0 Å². The van der Waals surface area contributed by atoms with Crippen molar-refractivity contribution in [2.45, 2.75) is 0 Å². The van der Waals surface area contributed by atoms with Crippen LogP contribution in [-0.4, -0.2) is 41.3 Å². The van der Waals surface area contributed by atoms with E-state index in [0.29, 0.717) is 11.4 Å². The predicted molar refractivity (Wildman–Crippen MR) is 408 cm³/mol. The molecular weight excluding hydrogens is 1190 g/mol. The standard InChI is InChI=1S/C90H58N8/c1-9-25-57(26-10-1)83-65-55-81(89(63-37-21-7-22-38-63)79-53-51-77(97-79)87(61-33-17-5-18-34-61)75-49-47-73(95-75)85(59-29-13-3-14-30-59)71-45-43-69(83)93-71)91-67(65)41-42-68-66-56-82(92-68)90(64-39-23-8-24-40-64)80-54-52-78(98-80)88(62-35-19-6-20-36-62)76-50-48-74(96-76)86(60-31-15-4-16-32-60)72-46-44-70(94-72)84(66)58-27-11-2-12-28-58/h1-40,43-56,93-94,97-98H. The minimum atomic E-state index is 0.580. The molecule has 0 unspecified atom stereocenters. The number of nitrogens with one attached hydrogen (secondary N) is 4. The van der Waals surface area contributed by atoms with E-state index < -0.39 is 0 Å². The van der Waals surface area contributed by atoms with Gasteiger partial charge in [0.2, 0.25) is 0 Å². The van der Waals surface area contributed by atoms with Crippen LogP contribution >= 0.6 is 0 Å². The van der Waals surface area contributed by atoms with Gasteiger partial charge in [-0.15, -0.1) is 0 Å². The molecular formula is C90H58N8. The van der Waals surface area contributed by atoms with Crippen LogP contribution in [0.4, 0.5) is 11.4 Å². The fourth-order valence-electron chi connectivity index (χ4n) is 14.2. The molecule has 10 heterocycles. The topological polar surface area (TPSA) is 114 Å². The first-order valence-electron chi connectivity index (χ1n) is 32.9. The van der Waals surface area contributed by atoms with Gasteiger partial charge in [-0.1, -0.05) is 243 Å². The van der Waals surface area contributed by atoms with Crippen LogP contribution in [0.25, 0.3) is 157 Å². The van der Waals surface area contributed by atoms with Crippen LogP contribution in [0.15, 0.2) is 313 Å². The Kier molecular flexibility index (Phi) is 14.3. The highest BCUT2D eigenvalue weighted by molar-refractivity contribution is 6.28. The summed E-state index contributed by atoms with van der Waals surface area (Å²) in [6, 6.07) is 106. The van der Waals surface area contributed by atoms with Crippen molar-refractivity contribution < 1.29 is 0 Å². The van der Waals surface area contributed by atoms with Crippen molar-refractivity contribution >= 4 is 91.2 Å². The van der Waals surface area contributed by atoms with Gasteiger partial charge in [0.1, 0.15) is 11.4 Å². The summed E-state index contributed by atoms with van der Waals surface area (Å²) >= 11 is 0. The van der Waals surface area contributed by atoms with Gasteiger partial charge in [0.15, 0.2) is 0 Å². The number of aliphatic imine (C=N–C) groups is 2. The zero-order valence-corrected chi connectivity index (χ0v) is 53.0. The quantitative estimate of drug-likeness (QED) is 0.114. The largest absolute Gasteiger partial charge is 0.354 e. The minimum absolute atomic E-state index is 0.580. The number of benzene rings is 8. The number of aromatic nitrogens is 6. The smallest absolute Gasteiger partial charge is 0.122 e. The Morgan fingerprint density at radius 3 is 0.633 bits per heavy atom. The molecule has 14 aromatic rings. The van der Waals surface area contributed by atoms with Gasteiger partial charge in [0, 0.05) is 99.8 Å². The Balaban J connectivity index is 0.965. The van der Waals surface area contributed by atoms with Crippen molar-refractivity contribution in [3.8, 4) is 101 Å². The van der Waals surface area contributed by atoms with Crippen molar-refractivity contribution in [2.24, 2.45) is 9.98 Å². The monoisotopic (exact) mass is 1250 g/mol. The molecule has 0 saturated heterocycles. The zero-order valence-electron chi connectivity index (χ0n) is 53.0. The van der Waals surface area contributed by atoms with E-state index in [1.54, 1.807) is 0 Å². The predicted octanol–water partition coefficient (Wildman–Crippen LogP) is 22.8. The Hall–Kier alpha value is -13.5. The lowest BCUT2D eigenvalue weighted by Crippen LogP contribution is -2.00. The van der Waals surface area contributed by atoms with Gasteiger partial charge in [-0.2, -0.15) is 0 Å². The first-order chi connectivity index (χ1) is 48.6. The normalized spacial score (nSPS) is 12.2. The molecule has 6 aromatic heterocycles. The molecule has 8 nitrogen and oxygen atoms in total. The maximum Gasteiger partial charge on any atom is 0.122 e. The van der Waals surface area contributed by atoms with Gasteiger partial charge >= 0.3 is 0 Å². The maximum absolute atomic E-state index is 5.79. The first kappa shape index (κ1) is 57.2. The second kappa shape index (κ2) is 24.4. The molecule has 4 N–H and O–H groups in total. The molecule has 0 radical (unpaired) electrons. The van der Waals surface area contributed by atoms with Crippen LogP contribution in [0, 0.1) is 11.8 Å². The van der Waals surface area contributed by atoms with Crippen LogP contribution < -0.4 is 0 Å². The van der Waals surface area contributed by atoms with Crippen LogP contribution in [-0.2, 0) is 0 Å². The lowest BCUT2D eigenvalue weighted by molar-refractivity contribution is 1.32. The number of fused-ring (bicyclic) bond motifs is 16. The van der Waals surface area contributed by atoms with E-state index in [1.165, 1.54) is 0 Å². The summed E-state index contributed by atoms with van der Waals surface area (Å²) in [7, 11) is 0. The molecule has 0 aliphatic carbocycles. The number of hydrogen-bond acceptors (Lipinski definition) is 4. The number of nitrogens with zero attached hydrogens (tertiary/aromatic N) is 4. The first-order valence-corrected chi connectivity index (χ1v) is 32.9. The van der Waals surface area contributed by atoms with E-state index in [1.807, 2.05) is 0 Å². The Morgan fingerprint density at radius 1 is 0.204 bits per heavy atom. The number of aromatic amines is 4. The van der Waals surface area contributed by atoms with E-state index in [2.05, 4.69) is 359 Å². The fourth-order valence-corrected chi connectivity index (χ4v) is 14.2. The van der Waals surface area contributed by atoms with Gasteiger partial charge in [-0.25, -0.2) is 20.0 Å². The number of rotatable bonds is 8. The maximum atomic E-state index is 5.79. The summed E-state index contributed by atoms with van der Waals surface area (Å²) in [5, 5.41) is 0. The third kappa shape index (κ3) is 10.4. The second-order valence-electron chi connectivity index (χ2n) is 24.6. The summed E-state index contributed by atoms with van der Waals surface area (Å²) in [6.07, 6.45) is 8.57. The minimum Gasteiger partial charge on any atom is -0.354 e.